The van der Waals surface area contributed by atoms with Gasteiger partial charge in [0.05, 0.1) is 0 Å². The number of hydrogen-bond acceptors (Lipinski definition) is 2. The molecule has 0 aliphatic heterocycles. The van der Waals surface area contributed by atoms with E-state index >= 15 is 0 Å². The van der Waals surface area contributed by atoms with Crippen LogP contribution in [0.4, 0.5) is 13.2 Å². The number of rotatable bonds is 6. The summed E-state index contributed by atoms with van der Waals surface area (Å²) in [6, 6.07) is 8.02. The van der Waals surface area contributed by atoms with E-state index in [4.69, 9.17) is 5.73 Å². The summed E-state index contributed by atoms with van der Waals surface area (Å²) in [5, 5.41) is 2.54. The van der Waals surface area contributed by atoms with Gasteiger partial charge in [-0.05, 0) is 18.4 Å². The van der Waals surface area contributed by atoms with Gasteiger partial charge in [0.2, 0.25) is 5.91 Å². The molecule has 0 aromatic heterocycles. The molecule has 106 valence electrons. The Labute approximate surface area is 110 Å². The Hall–Kier alpha value is -1.56. The zero-order valence-electron chi connectivity index (χ0n) is 10.4. The molecule has 0 aliphatic carbocycles. The van der Waals surface area contributed by atoms with Crippen LogP contribution in [0.1, 0.15) is 30.9 Å². The normalized spacial score (nSPS) is 13.1. The van der Waals surface area contributed by atoms with Gasteiger partial charge >= 0.3 is 6.18 Å². The highest BCUT2D eigenvalue weighted by atomic mass is 19.4. The van der Waals surface area contributed by atoms with Crippen molar-refractivity contribution in [3.63, 3.8) is 0 Å². The van der Waals surface area contributed by atoms with Gasteiger partial charge in [-0.3, -0.25) is 4.79 Å². The average molecular weight is 274 g/mol. The van der Waals surface area contributed by atoms with Crippen molar-refractivity contribution in [3.05, 3.63) is 35.9 Å². The van der Waals surface area contributed by atoms with Crippen molar-refractivity contribution in [1.29, 1.82) is 0 Å². The molecule has 3 N–H and O–H groups in total. The molecular formula is C13H17F3N2O. The molecule has 1 amide bonds. The second kappa shape index (κ2) is 7.13. The highest BCUT2D eigenvalue weighted by molar-refractivity contribution is 5.82. The van der Waals surface area contributed by atoms with Crippen LogP contribution in [0, 0.1) is 0 Å². The molecule has 3 nitrogen and oxygen atoms in total. The summed E-state index contributed by atoms with van der Waals surface area (Å²) in [6.45, 7) is 0.204. The largest absolute Gasteiger partial charge is 0.389 e. The molecule has 1 aromatic carbocycles. The van der Waals surface area contributed by atoms with Crippen LogP contribution >= 0.6 is 0 Å². The lowest BCUT2D eigenvalue weighted by molar-refractivity contribution is -0.135. The third-order valence-corrected chi connectivity index (χ3v) is 2.63. The van der Waals surface area contributed by atoms with E-state index in [2.05, 4.69) is 5.32 Å². The van der Waals surface area contributed by atoms with E-state index in [1.165, 1.54) is 0 Å². The molecule has 0 spiro atoms. The Bertz CT molecular complexity index is 393. The minimum atomic E-state index is -4.13. The minimum Gasteiger partial charge on any atom is -0.354 e. The molecule has 0 bridgehead atoms. The molecule has 0 heterocycles. The predicted octanol–water partition coefficient (Wildman–Crippen LogP) is 2.54. The van der Waals surface area contributed by atoms with Crippen LogP contribution in [-0.2, 0) is 4.79 Å². The summed E-state index contributed by atoms with van der Waals surface area (Å²) < 4.78 is 35.7. The second-order valence-electron chi connectivity index (χ2n) is 4.25. The maximum absolute atomic E-state index is 11.9. The summed E-state index contributed by atoms with van der Waals surface area (Å²) in [4.78, 5) is 11.6. The van der Waals surface area contributed by atoms with Crippen LogP contribution in [0.15, 0.2) is 30.3 Å². The van der Waals surface area contributed by atoms with Crippen LogP contribution in [0.2, 0.25) is 0 Å². The minimum absolute atomic E-state index is 0.00432. The molecule has 0 unspecified atom stereocenters. The van der Waals surface area contributed by atoms with E-state index in [0.29, 0.717) is 5.56 Å². The lowest BCUT2D eigenvalue weighted by Gasteiger charge is -2.12. The molecule has 6 heteroatoms. The number of halogens is 3. The summed E-state index contributed by atoms with van der Waals surface area (Å²) in [6.07, 6.45) is -4.67. The number of unbranched alkanes of at least 4 members (excludes halogenated alkanes) is 1. The van der Waals surface area contributed by atoms with Crippen LogP contribution in [0.3, 0.4) is 0 Å². The maximum Gasteiger partial charge on any atom is 0.389 e. The van der Waals surface area contributed by atoms with Crippen molar-refractivity contribution in [1.82, 2.24) is 5.32 Å². The first-order valence-corrected chi connectivity index (χ1v) is 6.05. The van der Waals surface area contributed by atoms with Crippen LogP contribution in [0.5, 0.6) is 0 Å². The van der Waals surface area contributed by atoms with Gasteiger partial charge in [-0.15, -0.1) is 0 Å². The van der Waals surface area contributed by atoms with Crippen LogP contribution in [0.25, 0.3) is 0 Å². The summed E-state index contributed by atoms with van der Waals surface area (Å²) in [5.41, 5.74) is 6.41. The van der Waals surface area contributed by atoms with Gasteiger partial charge in [0.25, 0.3) is 0 Å². The average Bonchev–Trinajstić information content (AvgIpc) is 2.37. The van der Waals surface area contributed by atoms with Crippen LogP contribution in [-0.4, -0.2) is 18.6 Å². The number of hydrogen-bond donors (Lipinski definition) is 2. The summed E-state index contributed by atoms with van der Waals surface area (Å²) >= 11 is 0. The molecule has 19 heavy (non-hydrogen) atoms. The number of amides is 1. The Kier molecular flexibility index (Phi) is 5.82. The Balaban J connectivity index is 2.25. The van der Waals surface area contributed by atoms with E-state index in [1.807, 2.05) is 6.07 Å². The number of carbonyl (C=O) groups excluding carboxylic acids is 1. The van der Waals surface area contributed by atoms with Crippen molar-refractivity contribution in [3.8, 4) is 0 Å². The van der Waals surface area contributed by atoms with Gasteiger partial charge < -0.3 is 11.1 Å². The fraction of sp³-hybridized carbons (Fsp3) is 0.462. The van der Waals surface area contributed by atoms with Crippen molar-refractivity contribution < 1.29 is 18.0 Å². The molecule has 1 aromatic rings. The van der Waals surface area contributed by atoms with Gasteiger partial charge in [0.1, 0.15) is 6.04 Å². The molecule has 0 aliphatic rings. The van der Waals surface area contributed by atoms with Crippen molar-refractivity contribution >= 4 is 5.91 Å². The SMILES string of the molecule is N[C@H](C(=O)NCCCCC(F)(F)F)c1ccccc1. The second-order valence-corrected chi connectivity index (χ2v) is 4.25. The van der Waals surface area contributed by atoms with Gasteiger partial charge in [-0.2, -0.15) is 13.2 Å². The van der Waals surface area contributed by atoms with Crippen LogP contribution < -0.4 is 11.1 Å². The first kappa shape index (κ1) is 15.5. The molecule has 1 rings (SSSR count). The van der Waals surface area contributed by atoms with Crippen molar-refractivity contribution in [2.75, 3.05) is 6.54 Å². The number of benzene rings is 1. The third-order valence-electron chi connectivity index (χ3n) is 2.63. The monoisotopic (exact) mass is 274 g/mol. The fourth-order valence-electron chi connectivity index (χ4n) is 1.58. The quantitative estimate of drug-likeness (QED) is 0.783. The molecule has 0 saturated carbocycles. The topological polar surface area (TPSA) is 55.1 Å². The zero-order chi connectivity index (χ0) is 14.3. The van der Waals surface area contributed by atoms with E-state index in [-0.39, 0.29) is 25.3 Å². The van der Waals surface area contributed by atoms with Gasteiger partial charge in [-0.1, -0.05) is 30.3 Å². The highest BCUT2D eigenvalue weighted by Crippen LogP contribution is 2.21. The Morgan fingerprint density at radius 3 is 2.42 bits per heavy atom. The number of nitrogens with one attached hydrogen (secondary N) is 1. The molecule has 0 radical (unpaired) electrons. The van der Waals surface area contributed by atoms with Crippen molar-refractivity contribution in [2.24, 2.45) is 5.73 Å². The Morgan fingerprint density at radius 2 is 1.84 bits per heavy atom. The van der Waals surface area contributed by atoms with Gasteiger partial charge in [0, 0.05) is 13.0 Å². The number of carbonyl (C=O) groups is 1. The standard InChI is InChI=1S/C13H17F3N2O/c14-13(15,16)8-4-5-9-18-12(19)11(17)10-6-2-1-3-7-10/h1-3,6-7,11H,4-5,8-9,17H2,(H,18,19)/t11-/m0/s1. The highest BCUT2D eigenvalue weighted by Gasteiger charge is 2.25. The first-order valence-electron chi connectivity index (χ1n) is 6.05. The summed E-state index contributed by atoms with van der Waals surface area (Å²) in [5.74, 6) is -0.377. The predicted molar refractivity (Wildman–Crippen MR) is 66.3 cm³/mol. The maximum atomic E-state index is 11.9. The molecule has 0 fully saturated rings. The molecular weight excluding hydrogens is 257 g/mol. The number of nitrogens with two attached hydrogens (primary N) is 1. The zero-order valence-corrected chi connectivity index (χ0v) is 10.4. The molecule has 1 atom stereocenters. The van der Waals surface area contributed by atoms with E-state index in [9.17, 15) is 18.0 Å². The van der Waals surface area contributed by atoms with Gasteiger partial charge in [0.15, 0.2) is 0 Å². The first-order chi connectivity index (χ1) is 8.90. The lowest BCUT2D eigenvalue weighted by atomic mass is 10.1. The van der Waals surface area contributed by atoms with E-state index < -0.39 is 18.6 Å². The Morgan fingerprint density at radius 1 is 1.21 bits per heavy atom. The smallest absolute Gasteiger partial charge is 0.354 e. The van der Waals surface area contributed by atoms with Crippen molar-refractivity contribution in [2.45, 2.75) is 31.5 Å². The van der Waals surface area contributed by atoms with E-state index in [1.54, 1.807) is 24.3 Å². The number of alkyl halides is 3. The third kappa shape index (κ3) is 6.24. The van der Waals surface area contributed by atoms with Gasteiger partial charge in [-0.25, -0.2) is 0 Å². The van der Waals surface area contributed by atoms with E-state index in [0.717, 1.165) is 0 Å². The molecule has 0 saturated heterocycles. The fourth-order valence-corrected chi connectivity index (χ4v) is 1.58. The lowest BCUT2D eigenvalue weighted by Crippen LogP contribution is -2.34. The summed E-state index contributed by atoms with van der Waals surface area (Å²) in [7, 11) is 0.